The molecule has 0 unspecified atom stereocenters. The number of carbonyl (C=O) groups is 2. The molecule has 0 aliphatic heterocycles. The summed E-state index contributed by atoms with van der Waals surface area (Å²) in [6.07, 6.45) is 4.75. The van der Waals surface area contributed by atoms with Crippen LogP contribution in [0.5, 0.6) is 0 Å². The molecule has 0 heterocycles. The summed E-state index contributed by atoms with van der Waals surface area (Å²) in [4.78, 5) is 23.8. The number of nitriles is 1. The van der Waals surface area contributed by atoms with Gasteiger partial charge in [-0.3, -0.25) is 4.79 Å². The second-order valence-corrected chi connectivity index (χ2v) is 6.04. The number of amides is 1. The van der Waals surface area contributed by atoms with Gasteiger partial charge < -0.3 is 10.1 Å². The maximum Gasteiger partial charge on any atom is 0.337 e. The SMILES string of the molecule is CCCCc1ccc(NC(=O)/C(C#N)=C\c2ccc(C(=O)OC)cc2)cc1. The summed E-state index contributed by atoms with van der Waals surface area (Å²) in [5.74, 6) is -0.915. The van der Waals surface area contributed by atoms with Crippen LogP contribution in [0.1, 0.15) is 41.3 Å². The number of rotatable bonds is 7. The lowest BCUT2D eigenvalue weighted by Crippen LogP contribution is -2.13. The molecule has 0 radical (unpaired) electrons. The highest BCUT2D eigenvalue weighted by Crippen LogP contribution is 2.15. The van der Waals surface area contributed by atoms with Crippen molar-refractivity contribution < 1.29 is 14.3 Å². The summed E-state index contributed by atoms with van der Waals surface area (Å²) in [7, 11) is 1.31. The van der Waals surface area contributed by atoms with E-state index in [-0.39, 0.29) is 5.57 Å². The molecule has 1 amide bonds. The average Bonchev–Trinajstić information content (AvgIpc) is 2.71. The third-order valence-corrected chi connectivity index (χ3v) is 4.04. The Kier molecular flexibility index (Phi) is 7.33. The Morgan fingerprint density at radius 1 is 1.11 bits per heavy atom. The third kappa shape index (κ3) is 5.82. The number of esters is 1. The van der Waals surface area contributed by atoms with E-state index in [1.54, 1.807) is 24.3 Å². The van der Waals surface area contributed by atoms with Crippen molar-refractivity contribution in [2.24, 2.45) is 0 Å². The molecular formula is C22H22N2O3. The van der Waals surface area contributed by atoms with Crippen molar-refractivity contribution in [2.45, 2.75) is 26.2 Å². The molecule has 0 fully saturated rings. The molecular weight excluding hydrogens is 340 g/mol. The fraction of sp³-hybridized carbons (Fsp3) is 0.227. The number of benzene rings is 2. The van der Waals surface area contributed by atoms with Crippen LogP contribution in [0.3, 0.4) is 0 Å². The molecule has 27 heavy (non-hydrogen) atoms. The molecule has 0 aliphatic rings. The van der Waals surface area contributed by atoms with E-state index in [4.69, 9.17) is 0 Å². The zero-order valence-electron chi connectivity index (χ0n) is 15.5. The van der Waals surface area contributed by atoms with Gasteiger partial charge in [-0.2, -0.15) is 5.26 Å². The fourth-order valence-electron chi connectivity index (χ4n) is 2.48. The molecule has 1 N–H and O–H groups in total. The van der Waals surface area contributed by atoms with Gasteiger partial charge in [-0.1, -0.05) is 37.6 Å². The first-order valence-electron chi connectivity index (χ1n) is 8.77. The van der Waals surface area contributed by atoms with Gasteiger partial charge in [0.1, 0.15) is 11.6 Å². The number of methoxy groups -OCH3 is 1. The molecule has 0 aromatic heterocycles. The molecule has 138 valence electrons. The zero-order valence-corrected chi connectivity index (χ0v) is 15.5. The van der Waals surface area contributed by atoms with Crippen molar-refractivity contribution >= 4 is 23.6 Å². The lowest BCUT2D eigenvalue weighted by Gasteiger charge is -2.06. The van der Waals surface area contributed by atoms with Gasteiger partial charge in [0, 0.05) is 5.69 Å². The fourth-order valence-corrected chi connectivity index (χ4v) is 2.48. The van der Waals surface area contributed by atoms with Crippen LogP contribution in [0.2, 0.25) is 0 Å². The maximum absolute atomic E-state index is 12.4. The summed E-state index contributed by atoms with van der Waals surface area (Å²) in [5.41, 5.74) is 2.89. The largest absolute Gasteiger partial charge is 0.465 e. The summed E-state index contributed by atoms with van der Waals surface area (Å²) >= 11 is 0. The Bertz CT molecular complexity index is 860. The minimum absolute atomic E-state index is 0.0177. The quantitative estimate of drug-likeness (QED) is 0.451. The number of carbonyl (C=O) groups excluding carboxylic acids is 2. The van der Waals surface area contributed by atoms with Crippen molar-refractivity contribution in [3.63, 3.8) is 0 Å². The van der Waals surface area contributed by atoms with Crippen molar-refractivity contribution in [3.8, 4) is 6.07 Å². The van der Waals surface area contributed by atoms with Crippen LogP contribution >= 0.6 is 0 Å². The summed E-state index contributed by atoms with van der Waals surface area (Å²) < 4.78 is 4.64. The smallest absolute Gasteiger partial charge is 0.337 e. The number of hydrogen-bond donors (Lipinski definition) is 1. The van der Waals surface area contributed by atoms with Crippen molar-refractivity contribution in [1.29, 1.82) is 5.26 Å². The van der Waals surface area contributed by atoms with Crippen LogP contribution in [-0.4, -0.2) is 19.0 Å². The topological polar surface area (TPSA) is 79.2 Å². The summed E-state index contributed by atoms with van der Waals surface area (Å²) in [6.45, 7) is 2.15. The number of unbranched alkanes of at least 4 members (excludes halogenated alkanes) is 1. The zero-order chi connectivity index (χ0) is 19.6. The monoisotopic (exact) mass is 362 g/mol. The molecule has 2 aromatic carbocycles. The highest BCUT2D eigenvalue weighted by atomic mass is 16.5. The molecule has 5 nitrogen and oxygen atoms in total. The molecule has 2 aromatic rings. The van der Waals surface area contributed by atoms with Gasteiger partial charge in [0.05, 0.1) is 12.7 Å². The summed E-state index contributed by atoms with van der Waals surface area (Å²) in [5, 5.41) is 12.0. The van der Waals surface area contributed by atoms with Crippen LogP contribution in [0.4, 0.5) is 5.69 Å². The average molecular weight is 362 g/mol. The molecule has 2 rings (SSSR count). The molecule has 0 spiro atoms. The van der Waals surface area contributed by atoms with E-state index in [0.29, 0.717) is 16.8 Å². The van der Waals surface area contributed by atoms with E-state index in [9.17, 15) is 14.9 Å². The highest BCUT2D eigenvalue weighted by Gasteiger charge is 2.10. The summed E-state index contributed by atoms with van der Waals surface area (Å²) in [6, 6.07) is 16.0. The lowest BCUT2D eigenvalue weighted by atomic mass is 10.1. The Labute approximate surface area is 159 Å². The first kappa shape index (κ1) is 19.9. The number of ether oxygens (including phenoxy) is 1. The Morgan fingerprint density at radius 3 is 2.33 bits per heavy atom. The van der Waals surface area contributed by atoms with Crippen molar-refractivity contribution in [2.75, 3.05) is 12.4 Å². The molecule has 0 bridgehead atoms. The minimum atomic E-state index is -0.476. The van der Waals surface area contributed by atoms with Crippen molar-refractivity contribution in [1.82, 2.24) is 0 Å². The van der Waals surface area contributed by atoms with Gasteiger partial charge in [-0.15, -0.1) is 0 Å². The minimum Gasteiger partial charge on any atom is -0.465 e. The third-order valence-electron chi connectivity index (χ3n) is 4.04. The van der Waals surface area contributed by atoms with Crippen LogP contribution in [-0.2, 0) is 16.0 Å². The number of nitrogens with zero attached hydrogens (tertiary/aromatic N) is 1. The molecule has 0 saturated carbocycles. The highest BCUT2D eigenvalue weighted by molar-refractivity contribution is 6.09. The van der Waals surface area contributed by atoms with Crippen LogP contribution in [0.25, 0.3) is 6.08 Å². The number of anilines is 1. The van der Waals surface area contributed by atoms with Gasteiger partial charge in [0.15, 0.2) is 0 Å². The van der Waals surface area contributed by atoms with Gasteiger partial charge in [-0.05, 0) is 54.3 Å². The van der Waals surface area contributed by atoms with E-state index >= 15 is 0 Å². The van der Waals surface area contributed by atoms with Crippen LogP contribution in [0, 0.1) is 11.3 Å². The maximum atomic E-state index is 12.4. The second kappa shape index (κ2) is 9.93. The predicted molar refractivity (Wildman–Crippen MR) is 105 cm³/mol. The molecule has 5 heteroatoms. The van der Waals surface area contributed by atoms with Crippen LogP contribution < -0.4 is 5.32 Å². The Balaban J connectivity index is 2.07. The molecule has 0 saturated heterocycles. The number of nitrogens with one attached hydrogen (secondary N) is 1. The first-order chi connectivity index (χ1) is 13.1. The van der Waals surface area contributed by atoms with Gasteiger partial charge in [0.25, 0.3) is 5.91 Å². The predicted octanol–water partition coefficient (Wildman–Crippen LogP) is 4.36. The standard InChI is InChI=1S/C22H22N2O3/c1-3-4-5-16-8-12-20(13-9-16)24-21(25)19(15-23)14-17-6-10-18(11-7-17)22(26)27-2/h6-14H,3-5H2,1-2H3,(H,24,25)/b19-14-. The second-order valence-electron chi connectivity index (χ2n) is 6.04. The van der Waals surface area contributed by atoms with Gasteiger partial charge in [0.2, 0.25) is 0 Å². The van der Waals surface area contributed by atoms with Gasteiger partial charge >= 0.3 is 5.97 Å². The van der Waals surface area contributed by atoms with E-state index in [1.165, 1.54) is 18.7 Å². The van der Waals surface area contributed by atoms with E-state index in [2.05, 4.69) is 17.0 Å². The number of hydrogen-bond acceptors (Lipinski definition) is 4. The Hall–Kier alpha value is -3.39. The van der Waals surface area contributed by atoms with E-state index in [0.717, 1.165) is 19.3 Å². The van der Waals surface area contributed by atoms with Crippen LogP contribution in [0.15, 0.2) is 54.1 Å². The van der Waals surface area contributed by atoms with E-state index in [1.807, 2.05) is 30.3 Å². The van der Waals surface area contributed by atoms with Crippen molar-refractivity contribution in [3.05, 3.63) is 70.8 Å². The number of aryl methyl sites for hydroxylation is 1. The Morgan fingerprint density at radius 2 is 1.78 bits per heavy atom. The molecule has 0 aliphatic carbocycles. The molecule has 0 atom stereocenters. The van der Waals surface area contributed by atoms with Gasteiger partial charge in [-0.25, -0.2) is 4.79 Å². The van der Waals surface area contributed by atoms with E-state index < -0.39 is 11.9 Å². The first-order valence-corrected chi connectivity index (χ1v) is 8.77. The lowest BCUT2D eigenvalue weighted by molar-refractivity contribution is -0.112. The normalized spacial score (nSPS) is 10.8.